The van der Waals surface area contributed by atoms with Crippen LogP contribution in [-0.2, 0) is 17.8 Å². The molecule has 1 N–H and O–H groups in total. The number of amides is 1. The number of benzene rings is 1. The van der Waals surface area contributed by atoms with Gasteiger partial charge in [0.05, 0.1) is 14.2 Å². The second-order valence-corrected chi connectivity index (χ2v) is 6.12. The van der Waals surface area contributed by atoms with Gasteiger partial charge < -0.3 is 19.7 Å². The van der Waals surface area contributed by atoms with E-state index in [4.69, 9.17) is 9.47 Å². The summed E-state index contributed by atoms with van der Waals surface area (Å²) in [5.74, 6) is 1.38. The quantitative estimate of drug-likeness (QED) is 0.707. The lowest BCUT2D eigenvalue weighted by Gasteiger charge is -2.16. The van der Waals surface area contributed by atoms with Crippen LogP contribution in [0.1, 0.15) is 17.5 Å². The molecule has 26 heavy (non-hydrogen) atoms. The summed E-state index contributed by atoms with van der Waals surface area (Å²) in [6.45, 7) is 2.11. The fourth-order valence-corrected chi connectivity index (χ4v) is 2.55. The van der Waals surface area contributed by atoms with Crippen molar-refractivity contribution < 1.29 is 14.3 Å². The van der Waals surface area contributed by atoms with Crippen molar-refractivity contribution in [3.05, 3.63) is 53.9 Å². The highest BCUT2D eigenvalue weighted by Gasteiger charge is 2.07. The Balaban J connectivity index is 1.70. The fraction of sp³-hybridized carbons (Fsp3) is 0.400. The Morgan fingerprint density at radius 3 is 2.46 bits per heavy atom. The molecule has 1 heterocycles. The van der Waals surface area contributed by atoms with Crippen LogP contribution in [0, 0.1) is 0 Å². The third-order valence-corrected chi connectivity index (χ3v) is 4.19. The van der Waals surface area contributed by atoms with Crippen LogP contribution in [0.5, 0.6) is 11.5 Å². The Morgan fingerprint density at radius 2 is 1.77 bits per heavy atom. The second kappa shape index (κ2) is 10.4. The number of hydrogen-bond acceptors (Lipinski definition) is 5. The number of aromatic nitrogens is 1. The summed E-state index contributed by atoms with van der Waals surface area (Å²) in [6.07, 6.45) is 5.03. The van der Waals surface area contributed by atoms with E-state index >= 15 is 0 Å². The smallest absolute Gasteiger partial charge is 0.221 e. The van der Waals surface area contributed by atoms with E-state index in [-0.39, 0.29) is 5.91 Å². The van der Waals surface area contributed by atoms with Crippen LogP contribution >= 0.6 is 0 Å². The minimum atomic E-state index is 0.0375. The van der Waals surface area contributed by atoms with E-state index in [9.17, 15) is 4.79 Å². The Hall–Kier alpha value is -2.60. The molecule has 1 aromatic carbocycles. The second-order valence-electron chi connectivity index (χ2n) is 6.12. The Kier molecular flexibility index (Phi) is 7.89. The van der Waals surface area contributed by atoms with Crippen molar-refractivity contribution in [2.24, 2.45) is 0 Å². The van der Waals surface area contributed by atoms with Gasteiger partial charge in [-0.3, -0.25) is 9.78 Å². The van der Waals surface area contributed by atoms with Gasteiger partial charge in [0.25, 0.3) is 0 Å². The summed E-state index contributed by atoms with van der Waals surface area (Å²) in [6, 6.07) is 9.67. The van der Waals surface area contributed by atoms with Crippen molar-refractivity contribution in [1.29, 1.82) is 0 Å². The molecule has 0 unspecified atom stereocenters. The zero-order valence-corrected chi connectivity index (χ0v) is 15.7. The molecule has 1 aromatic heterocycles. The standard InChI is InChI=1S/C20H27N3O3/c1-23(12-8-16-6-10-21-11-7-16)13-9-20(24)22-15-17-4-5-18(25-2)19(14-17)26-3/h4-7,10-11,14H,8-9,12-13,15H2,1-3H3,(H,22,24). The summed E-state index contributed by atoms with van der Waals surface area (Å²) in [5, 5.41) is 2.95. The lowest BCUT2D eigenvalue weighted by atomic mass is 10.2. The van der Waals surface area contributed by atoms with Crippen LogP contribution in [0.25, 0.3) is 0 Å². The SMILES string of the molecule is COc1ccc(CNC(=O)CCN(C)CCc2ccncc2)cc1OC. The van der Waals surface area contributed by atoms with Gasteiger partial charge in [-0.15, -0.1) is 0 Å². The molecule has 1 amide bonds. The predicted molar refractivity (Wildman–Crippen MR) is 101 cm³/mol. The Bertz CT molecular complexity index is 692. The van der Waals surface area contributed by atoms with Gasteiger partial charge in [0, 0.05) is 38.4 Å². The predicted octanol–water partition coefficient (Wildman–Crippen LogP) is 2.28. The van der Waals surface area contributed by atoms with Crippen molar-refractivity contribution in [2.45, 2.75) is 19.4 Å². The van der Waals surface area contributed by atoms with Gasteiger partial charge in [-0.1, -0.05) is 6.07 Å². The van der Waals surface area contributed by atoms with E-state index < -0.39 is 0 Å². The highest BCUT2D eigenvalue weighted by Crippen LogP contribution is 2.27. The third-order valence-electron chi connectivity index (χ3n) is 4.19. The molecular weight excluding hydrogens is 330 g/mol. The van der Waals surface area contributed by atoms with Gasteiger partial charge in [-0.05, 0) is 48.9 Å². The number of ether oxygens (including phenoxy) is 2. The molecule has 0 saturated carbocycles. The number of pyridine rings is 1. The highest BCUT2D eigenvalue weighted by molar-refractivity contribution is 5.76. The molecule has 0 aliphatic heterocycles. The van der Waals surface area contributed by atoms with E-state index in [1.165, 1.54) is 5.56 Å². The van der Waals surface area contributed by atoms with Gasteiger partial charge in [0.1, 0.15) is 0 Å². The molecule has 0 saturated heterocycles. The van der Waals surface area contributed by atoms with Crippen molar-refractivity contribution in [3.8, 4) is 11.5 Å². The molecule has 0 spiro atoms. The first kappa shape index (κ1) is 19.7. The zero-order chi connectivity index (χ0) is 18.8. The molecule has 0 aliphatic rings. The lowest BCUT2D eigenvalue weighted by Crippen LogP contribution is -2.29. The maximum Gasteiger partial charge on any atom is 0.221 e. The number of carbonyl (C=O) groups excluding carboxylic acids is 1. The molecule has 0 atom stereocenters. The molecule has 0 radical (unpaired) electrons. The van der Waals surface area contributed by atoms with Crippen LogP contribution in [0.2, 0.25) is 0 Å². The summed E-state index contributed by atoms with van der Waals surface area (Å²) in [5.41, 5.74) is 2.23. The van der Waals surface area contributed by atoms with Crippen LogP contribution in [0.3, 0.4) is 0 Å². The van der Waals surface area contributed by atoms with Gasteiger partial charge in [-0.25, -0.2) is 0 Å². The average molecular weight is 357 g/mol. The number of carbonyl (C=O) groups is 1. The maximum atomic E-state index is 12.1. The number of likely N-dealkylation sites (N-methyl/N-ethyl adjacent to an activating group) is 1. The number of nitrogens with one attached hydrogen (secondary N) is 1. The van der Waals surface area contributed by atoms with E-state index in [1.807, 2.05) is 37.4 Å². The average Bonchev–Trinajstić information content (AvgIpc) is 2.69. The first-order valence-corrected chi connectivity index (χ1v) is 8.67. The van der Waals surface area contributed by atoms with Gasteiger partial charge in [0.2, 0.25) is 5.91 Å². The monoisotopic (exact) mass is 357 g/mol. The minimum absolute atomic E-state index is 0.0375. The van der Waals surface area contributed by atoms with E-state index in [2.05, 4.69) is 15.2 Å². The molecule has 6 nitrogen and oxygen atoms in total. The first-order chi connectivity index (χ1) is 12.6. The summed E-state index contributed by atoms with van der Waals surface area (Å²) >= 11 is 0. The first-order valence-electron chi connectivity index (χ1n) is 8.67. The third kappa shape index (κ3) is 6.37. The van der Waals surface area contributed by atoms with Crippen LogP contribution in [0.4, 0.5) is 0 Å². The maximum absolute atomic E-state index is 12.1. The van der Waals surface area contributed by atoms with Gasteiger partial charge >= 0.3 is 0 Å². The van der Waals surface area contributed by atoms with Crippen molar-refractivity contribution >= 4 is 5.91 Å². The van der Waals surface area contributed by atoms with Gasteiger partial charge in [0.15, 0.2) is 11.5 Å². The van der Waals surface area contributed by atoms with Gasteiger partial charge in [-0.2, -0.15) is 0 Å². The summed E-state index contributed by atoms with van der Waals surface area (Å²) < 4.78 is 10.5. The summed E-state index contributed by atoms with van der Waals surface area (Å²) in [4.78, 5) is 18.3. The van der Waals surface area contributed by atoms with Crippen molar-refractivity contribution in [2.75, 3.05) is 34.4 Å². The molecule has 0 aliphatic carbocycles. The molecule has 6 heteroatoms. The minimum Gasteiger partial charge on any atom is -0.493 e. The normalized spacial score (nSPS) is 10.6. The van der Waals surface area contributed by atoms with E-state index in [0.717, 1.165) is 25.1 Å². The molecule has 0 bridgehead atoms. The van der Waals surface area contributed by atoms with E-state index in [0.29, 0.717) is 24.5 Å². The van der Waals surface area contributed by atoms with Crippen LogP contribution in [0.15, 0.2) is 42.7 Å². The molecule has 2 rings (SSSR count). The van der Waals surface area contributed by atoms with Crippen LogP contribution < -0.4 is 14.8 Å². The number of rotatable bonds is 10. The Labute approximate surface area is 155 Å². The molecule has 140 valence electrons. The molecular formula is C20H27N3O3. The van der Waals surface area contributed by atoms with Crippen molar-refractivity contribution in [1.82, 2.24) is 15.2 Å². The van der Waals surface area contributed by atoms with Crippen molar-refractivity contribution in [3.63, 3.8) is 0 Å². The molecule has 0 fully saturated rings. The topological polar surface area (TPSA) is 63.7 Å². The fourth-order valence-electron chi connectivity index (χ4n) is 2.55. The Morgan fingerprint density at radius 1 is 1.04 bits per heavy atom. The highest BCUT2D eigenvalue weighted by atomic mass is 16.5. The number of nitrogens with zero attached hydrogens (tertiary/aromatic N) is 2. The lowest BCUT2D eigenvalue weighted by molar-refractivity contribution is -0.121. The largest absolute Gasteiger partial charge is 0.493 e. The zero-order valence-electron chi connectivity index (χ0n) is 15.7. The summed E-state index contributed by atoms with van der Waals surface area (Å²) in [7, 11) is 5.23. The van der Waals surface area contributed by atoms with E-state index in [1.54, 1.807) is 26.6 Å². The molecule has 2 aromatic rings. The number of methoxy groups -OCH3 is 2. The van der Waals surface area contributed by atoms with Crippen LogP contribution in [-0.4, -0.2) is 50.1 Å². The number of hydrogen-bond donors (Lipinski definition) is 1.